The second kappa shape index (κ2) is 10.5. The number of likely N-dealkylation sites (N-methyl/N-ethyl adjacent to an activating group) is 1. The number of hydrogen-bond donors (Lipinski definition) is 1. The van der Waals surface area contributed by atoms with Crippen LogP contribution in [-0.2, 0) is 4.79 Å². The van der Waals surface area contributed by atoms with E-state index in [9.17, 15) is 9.18 Å². The third-order valence-electron chi connectivity index (χ3n) is 4.41. The van der Waals surface area contributed by atoms with Gasteiger partial charge in [-0.3, -0.25) is 4.79 Å². The molecule has 1 amide bonds. The van der Waals surface area contributed by atoms with Crippen LogP contribution in [-0.4, -0.2) is 19.6 Å². The fourth-order valence-electron chi connectivity index (χ4n) is 2.63. The average Bonchev–Trinajstić information content (AvgIpc) is 2.62. The summed E-state index contributed by atoms with van der Waals surface area (Å²) in [6.07, 6.45) is 8.33. The number of nitrogens with one attached hydrogen (secondary N) is 1. The molecule has 0 aliphatic carbocycles. The molecule has 0 aromatic heterocycles. The van der Waals surface area contributed by atoms with Crippen LogP contribution in [0, 0.1) is 20.8 Å². The number of hydrogen-bond acceptors (Lipinski definition) is 2. The lowest BCUT2D eigenvalue weighted by Crippen LogP contribution is -2.20. The van der Waals surface area contributed by atoms with Crippen LogP contribution in [0.1, 0.15) is 43.0 Å². The molecule has 0 spiro atoms. The van der Waals surface area contributed by atoms with Crippen molar-refractivity contribution in [1.82, 2.24) is 5.32 Å². The number of halogens is 1. The molecule has 0 saturated heterocycles. The molecular weight excluding hydrogens is 341 g/mol. The Morgan fingerprint density at radius 3 is 2.44 bits per heavy atom. The van der Waals surface area contributed by atoms with Gasteiger partial charge in [0.25, 0.3) is 0 Å². The molecule has 1 rings (SSSR count). The number of allylic oxidation sites excluding steroid dienone is 6. The van der Waals surface area contributed by atoms with Crippen molar-refractivity contribution in [3.8, 4) is 5.75 Å². The first-order chi connectivity index (χ1) is 12.7. The standard InChI is InChI=1S/C23H30FNO2/c1-8-25-23(26)14-17(4)21(24)12-10-15(2)9-11-20-16(3)13-22(27-7)19(6)18(20)5/h9-14H,8H2,1-7H3,(H,25,26)/b11-9+,15-10+,17-14+,21-12-. The minimum Gasteiger partial charge on any atom is -0.496 e. The monoisotopic (exact) mass is 371 g/mol. The molecule has 146 valence electrons. The summed E-state index contributed by atoms with van der Waals surface area (Å²) in [5.74, 6) is 0.162. The molecule has 0 fully saturated rings. The summed E-state index contributed by atoms with van der Waals surface area (Å²) in [5, 5.41) is 2.61. The molecular formula is C23H30FNO2. The van der Waals surface area contributed by atoms with E-state index in [0.717, 1.165) is 28.0 Å². The Morgan fingerprint density at radius 2 is 1.85 bits per heavy atom. The highest BCUT2D eigenvalue weighted by Gasteiger charge is 2.08. The van der Waals surface area contributed by atoms with Gasteiger partial charge < -0.3 is 10.1 Å². The Hall–Kier alpha value is -2.62. The van der Waals surface area contributed by atoms with Gasteiger partial charge in [-0.2, -0.15) is 0 Å². The molecule has 27 heavy (non-hydrogen) atoms. The maximum atomic E-state index is 14.1. The Bertz CT molecular complexity index is 814. The van der Waals surface area contributed by atoms with Crippen LogP contribution in [0.15, 0.2) is 47.3 Å². The molecule has 3 nitrogen and oxygen atoms in total. The molecule has 1 aromatic carbocycles. The zero-order chi connectivity index (χ0) is 20.6. The minimum atomic E-state index is -0.429. The molecule has 0 aliphatic rings. The summed E-state index contributed by atoms with van der Waals surface area (Å²) < 4.78 is 19.5. The normalized spacial score (nSPS) is 13.3. The zero-order valence-electron chi connectivity index (χ0n) is 17.4. The van der Waals surface area contributed by atoms with Crippen molar-refractivity contribution in [2.75, 3.05) is 13.7 Å². The fraction of sp³-hybridized carbons (Fsp3) is 0.348. The summed E-state index contributed by atoms with van der Waals surface area (Å²) in [7, 11) is 1.67. The van der Waals surface area contributed by atoms with Gasteiger partial charge in [0.1, 0.15) is 11.6 Å². The van der Waals surface area contributed by atoms with Crippen LogP contribution in [0.3, 0.4) is 0 Å². The number of carbonyl (C=O) groups excluding carboxylic acids is 1. The molecule has 0 saturated carbocycles. The van der Waals surface area contributed by atoms with E-state index in [2.05, 4.69) is 12.2 Å². The van der Waals surface area contributed by atoms with Crippen LogP contribution in [0.4, 0.5) is 4.39 Å². The molecule has 4 heteroatoms. The van der Waals surface area contributed by atoms with E-state index in [1.54, 1.807) is 20.1 Å². The van der Waals surface area contributed by atoms with E-state index in [1.165, 1.54) is 17.7 Å². The summed E-state index contributed by atoms with van der Waals surface area (Å²) in [6, 6.07) is 2.02. The summed E-state index contributed by atoms with van der Waals surface area (Å²) >= 11 is 0. The number of rotatable bonds is 7. The highest BCUT2D eigenvalue weighted by Crippen LogP contribution is 2.28. The van der Waals surface area contributed by atoms with Gasteiger partial charge in [-0.25, -0.2) is 4.39 Å². The second-order valence-corrected chi connectivity index (χ2v) is 6.54. The number of benzene rings is 1. The molecule has 1 N–H and O–H groups in total. The lowest BCUT2D eigenvalue weighted by atomic mass is 9.96. The van der Waals surface area contributed by atoms with Crippen molar-refractivity contribution in [2.24, 2.45) is 0 Å². The van der Waals surface area contributed by atoms with Gasteiger partial charge in [-0.05, 0) is 81.5 Å². The largest absolute Gasteiger partial charge is 0.496 e. The van der Waals surface area contributed by atoms with Crippen molar-refractivity contribution in [3.05, 3.63) is 69.6 Å². The van der Waals surface area contributed by atoms with E-state index in [-0.39, 0.29) is 5.91 Å². The number of aryl methyl sites for hydroxylation is 1. The van der Waals surface area contributed by atoms with Gasteiger partial charge in [-0.15, -0.1) is 0 Å². The minimum absolute atomic E-state index is 0.292. The third kappa shape index (κ3) is 6.55. The number of ether oxygens (including phenoxy) is 1. The van der Waals surface area contributed by atoms with Gasteiger partial charge in [0.05, 0.1) is 7.11 Å². The summed E-state index contributed by atoms with van der Waals surface area (Å²) in [4.78, 5) is 11.5. The molecule has 1 aromatic rings. The van der Waals surface area contributed by atoms with Crippen LogP contribution in [0.5, 0.6) is 5.75 Å². The highest BCUT2D eigenvalue weighted by molar-refractivity contribution is 5.88. The molecule has 0 radical (unpaired) electrons. The van der Waals surface area contributed by atoms with Gasteiger partial charge in [0.2, 0.25) is 5.91 Å². The van der Waals surface area contributed by atoms with Crippen molar-refractivity contribution >= 4 is 12.0 Å². The van der Waals surface area contributed by atoms with Gasteiger partial charge in [0, 0.05) is 12.6 Å². The van der Waals surface area contributed by atoms with Gasteiger partial charge in [0.15, 0.2) is 0 Å². The number of methoxy groups -OCH3 is 1. The Labute approximate surface area is 162 Å². The van der Waals surface area contributed by atoms with E-state index < -0.39 is 5.83 Å². The average molecular weight is 371 g/mol. The van der Waals surface area contributed by atoms with Crippen molar-refractivity contribution in [3.63, 3.8) is 0 Å². The van der Waals surface area contributed by atoms with Crippen LogP contribution < -0.4 is 10.1 Å². The van der Waals surface area contributed by atoms with Crippen molar-refractivity contribution < 1.29 is 13.9 Å². The fourth-order valence-corrected chi connectivity index (χ4v) is 2.63. The summed E-state index contributed by atoms with van der Waals surface area (Å²) in [6.45, 7) is 12.0. The first kappa shape index (κ1) is 22.4. The van der Waals surface area contributed by atoms with Crippen LogP contribution in [0.2, 0.25) is 0 Å². The van der Waals surface area contributed by atoms with E-state index in [0.29, 0.717) is 12.1 Å². The predicted molar refractivity (Wildman–Crippen MR) is 112 cm³/mol. The van der Waals surface area contributed by atoms with E-state index >= 15 is 0 Å². The number of amides is 1. The Kier molecular flexibility index (Phi) is 8.73. The maximum absolute atomic E-state index is 14.1. The van der Waals surface area contributed by atoms with Gasteiger partial charge in [-0.1, -0.05) is 23.8 Å². The van der Waals surface area contributed by atoms with Crippen LogP contribution in [0.25, 0.3) is 6.08 Å². The van der Waals surface area contributed by atoms with Crippen molar-refractivity contribution in [2.45, 2.75) is 41.5 Å². The Balaban J connectivity index is 3.00. The maximum Gasteiger partial charge on any atom is 0.244 e. The van der Waals surface area contributed by atoms with Crippen LogP contribution >= 0.6 is 0 Å². The molecule has 0 atom stereocenters. The first-order valence-electron chi connectivity index (χ1n) is 9.04. The van der Waals surface area contributed by atoms with E-state index in [4.69, 9.17) is 4.74 Å². The molecule has 0 aliphatic heterocycles. The third-order valence-corrected chi connectivity index (χ3v) is 4.41. The summed E-state index contributed by atoms with van der Waals surface area (Å²) in [5.41, 5.74) is 5.74. The SMILES string of the molecule is CCNC(=O)/C=C(C)/C(F)=C/C=C(C)/C=C/c1c(C)cc(OC)c(C)c1C. The van der Waals surface area contributed by atoms with E-state index in [1.807, 2.05) is 45.9 Å². The highest BCUT2D eigenvalue weighted by atomic mass is 19.1. The quantitative estimate of drug-likeness (QED) is 0.506. The Morgan fingerprint density at radius 1 is 1.19 bits per heavy atom. The first-order valence-corrected chi connectivity index (χ1v) is 9.04. The second-order valence-electron chi connectivity index (χ2n) is 6.54. The topological polar surface area (TPSA) is 38.3 Å². The molecule has 0 heterocycles. The smallest absolute Gasteiger partial charge is 0.244 e. The zero-order valence-corrected chi connectivity index (χ0v) is 17.4. The lowest BCUT2D eigenvalue weighted by molar-refractivity contribution is -0.116. The molecule has 0 unspecified atom stereocenters. The predicted octanol–water partition coefficient (Wildman–Crippen LogP) is 5.52. The van der Waals surface area contributed by atoms with Crippen molar-refractivity contribution in [1.29, 1.82) is 0 Å². The van der Waals surface area contributed by atoms with Gasteiger partial charge >= 0.3 is 0 Å². The molecule has 0 bridgehead atoms. The lowest BCUT2D eigenvalue weighted by Gasteiger charge is -2.13. The number of carbonyl (C=O) groups is 1.